The second kappa shape index (κ2) is 18.3. The summed E-state index contributed by atoms with van der Waals surface area (Å²) in [5.41, 5.74) is 7.36. The lowest BCUT2D eigenvalue weighted by Gasteiger charge is -2.31. The second-order valence-corrected chi connectivity index (χ2v) is 13.1. The van der Waals surface area contributed by atoms with Crippen molar-refractivity contribution in [3.8, 4) is 0 Å². The van der Waals surface area contributed by atoms with E-state index >= 15 is 0 Å². The zero-order valence-electron chi connectivity index (χ0n) is 28.2. The molecule has 0 aliphatic rings. The van der Waals surface area contributed by atoms with Crippen LogP contribution < -0.4 is 5.32 Å². The van der Waals surface area contributed by atoms with E-state index in [0.29, 0.717) is 5.02 Å². The van der Waals surface area contributed by atoms with E-state index in [0.717, 1.165) is 82.0 Å². The van der Waals surface area contributed by atoms with E-state index < -0.39 is 0 Å². The van der Waals surface area contributed by atoms with E-state index in [1.165, 1.54) is 22.3 Å². The van der Waals surface area contributed by atoms with Crippen molar-refractivity contribution in [3.63, 3.8) is 0 Å². The van der Waals surface area contributed by atoms with Crippen molar-refractivity contribution in [2.75, 3.05) is 44.6 Å². The Morgan fingerprint density at radius 2 is 0.898 bits per heavy atom. The van der Waals surface area contributed by atoms with E-state index in [1.807, 2.05) is 18.3 Å². The number of aromatic nitrogens is 1. The molecule has 1 aromatic heterocycles. The maximum Gasteiger partial charge on any atom is 0.0737 e. The minimum absolute atomic E-state index is 0.703. The van der Waals surface area contributed by atoms with Gasteiger partial charge >= 0.3 is 0 Å². The summed E-state index contributed by atoms with van der Waals surface area (Å²) in [4.78, 5) is 12.3. The lowest BCUT2D eigenvalue weighted by atomic mass is 10.1. The Labute approximate surface area is 296 Å². The summed E-state index contributed by atoms with van der Waals surface area (Å²) in [7, 11) is 0. The van der Waals surface area contributed by atoms with Crippen LogP contribution in [0.5, 0.6) is 0 Å². The number of rotatable bonds is 18. The van der Waals surface area contributed by atoms with Crippen molar-refractivity contribution in [2.45, 2.75) is 26.2 Å². The summed E-state index contributed by atoms with van der Waals surface area (Å²) in [5.74, 6) is 0. The maximum absolute atomic E-state index is 6.27. The molecule has 0 saturated heterocycles. The van der Waals surface area contributed by atoms with Gasteiger partial charge < -0.3 is 5.32 Å². The number of halogens is 1. The van der Waals surface area contributed by atoms with Gasteiger partial charge in [-0.3, -0.25) is 19.7 Å². The van der Waals surface area contributed by atoms with Crippen molar-refractivity contribution in [1.82, 2.24) is 19.7 Å². The molecule has 0 aliphatic heterocycles. The third kappa shape index (κ3) is 11.0. The Balaban J connectivity index is 1.17. The fourth-order valence-electron chi connectivity index (χ4n) is 6.32. The van der Waals surface area contributed by atoms with Crippen LogP contribution in [0.15, 0.2) is 152 Å². The molecule has 0 spiro atoms. The van der Waals surface area contributed by atoms with Gasteiger partial charge in [0.15, 0.2) is 0 Å². The summed E-state index contributed by atoms with van der Waals surface area (Å²) >= 11 is 6.27. The number of hydrogen-bond acceptors (Lipinski definition) is 5. The minimum Gasteiger partial charge on any atom is -0.383 e. The largest absolute Gasteiger partial charge is 0.383 e. The average Bonchev–Trinajstić information content (AvgIpc) is 3.14. The number of anilines is 1. The predicted octanol–water partition coefficient (Wildman–Crippen LogP) is 9.01. The normalized spacial score (nSPS) is 11.5. The van der Waals surface area contributed by atoms with E-state index in [-0.39, 0.29) is 0 Å². The molecular weight excluding hydrogens is 622 g/mol. The zero-order chi connectivity index (χ0) is 33.5. The summed E-state index contributed by atoms with van der Waals surface area (Å²) in [6.07, 6.45) is 1.86. The summed E-state index contributed by atoms with van der Waals surface area (Å²) < 4.78 is 0. The molecule has 0 aliphatic carbocycles. The smallest absolute Gasteiger partial charge is 0.0737 e. The molecule has 0 fully saturated rings. The molecule has 6 rings (SSSR count). The topological polar surface area (TPSA) is 34.6 Å². The predicted molar refractivity (Wildman–Crippen MR) is 206 cm³/mol. The van der Waals surface area contributed by atoms with Crippen LogP contribution in [0.3, 0.4) is 0 Å². The highest BCUT2D eigenvalue weighted by molar-refractivity contribution is 6.31. The van der Waals surface area contributed by atoms with Gasteiger partial charge in [0, 0.05) is 87.7 Å². The van der Waals surface area contributed by atoms with Crippen molar-refractivity contribution in [1.29, 1.82) is 0 Å². The second-order valence-electron chi connectivity index (χ2n) is 12.7. The Morgan fingerprint density at radius 1 is 0.469 bits per heavy atom. The fourth-order valence-corrected chi connectivity index (χ4v) is 6.49. The molecule has 1 heterocycles. The van der Waals surface area contributed by atoms with Crippen molar-refractivity contribution in [2.24, 2.45) is 0 Å². The van der Waals surface area contributed by atoms with E-state index in [1.54, 1.807) is 0 Å². The summed E-state index contributed by atoms with van der Waals surface area (Å²) in [5, 5.41) is 5.51. The molecule has 0 saturated carbocycles. The molecule has 6 heteroatoms. The molecule has 0 amide bonds. The highest BCUT2D eigenvalue weighted by Crippen LogP contribution is 2.24. The Hall–Kier alpha value is -4.52. The first-order valence-electron chi connectivity index (χ1n) is 17.3. The highest BCUT2D eigenvalue weighted by Gasteiger charge is 2.15. The lowest BCUT2D eigenvalue weighted by Crippen LogP contribution is -2.41. The molecule has 0 radical (unpaired) electrons. The maximum atomic E-state index is 6.27. The van der Waals surface area contributed by atoms with Gasteiger partial charge in [-0.05, 0) is 46.5 Å². The number of pyridine rings is 1. The molecule has 0 atom stereocenters. The van der Waals surface area contributed by atoms with Gasteiger partial charge in [-0.2, -0.15) is 0 Å². The van der Waals surface area contributed by atoms with Gasteiger partial charge in [0.2, 0.25) is 0 Å². The standard InChI is InChI=1S/C43H46ClN5/c44-40-21-22-41-42(23-24-45-43(41)31-40)46-25-26-47(27-29-48(32-36-13-5-1-6-14-36)33-37-15-7-2-8-16-37)28-30-49(34-38-17-9-3-10-18-38)35-39-19-11-4-12-20-39/h1-24,31H,25-30,32-35H2,(H,45,46). The quantitative estimate of drug-likeness (QED) is 0.0990. The Morgan fingerprint density at radius 3 is 1.35 bits per heavy atom. The molecule has 1 N–H and O–H groups in total. The average molecular weight is 668 g/mol. The Kier molecular flexibility index (Phi) is 12.8. The first kappa shape index (κ1) is 34.3. The van der Waals surface area contributed by atoms with Gasteiger partial charge in [-0.15, -0.1) is 0 Å². The van der Waals surface area contributed by atoms with Crippen LogP contribution in [0.4, 0.5) is 5.69 Å². The number of fused-ring (bicyclic) bond motifs is 1. The molecule has 5 aromatic carbocycles. The van der Waals surface area contributed by atoms with Crippen molar-refractivity contribution < 1.29 is 0 Å². The van der Waals surface area contributed by atoms with Crippen LogP contribution in [0.2, 0.25) is 5.02 Å². The van der Waals surface area contributed by atoms with Crippen LogP contribution in [0.25, 0.3) is 10.9 Å². The number of nitrogens with zero attached hydrogens (tertiary/aromatic N) is 4. The van der Waals surface area contributed by atoms with Crippen LogP contribution in [-0.4, -0.2) is 59.0 Å². The Bertz CT molecular complexity index is 1650. The number of nitrogens with one attached hydrogen (secondary N) is 1. The molecule has 250 valence electrons. The molecule has 49 heavy (non-hydrogen) atoms. The summed E-state index contributed by atoms with van der Waals surface area (Å²) in [6, 6.07) is 51.3. The third-order valence-corrected chi connectivity index (χ3v) is 9.14. The van der Waals surface area contributed by atoms with Gasteiger partial charge in [-0.1, -0.05) is 133 Å². The fraction of sp³-hybridized carbons (Fsp3) is 0.233. The number of hydrogen-bond donors (Lipinski definition) is 1. The van der Waals surface area contributed by atoms with Gasteiger partial charge in [0.1, 0.15) is 0 Å². The lowest BCUT2D eigenvalue weighted by molar-refractivity contribution is 0.166. The SMILES string of the molecule is Clc1ccc2c(NCCN(CCN(Cc3ccccc3)Cc3ccccc3)CCN(Cc3ccccc3)Cc3ccccc3)ccnc2c1. The highest BCUT2D eigenvalue weighted by atomic mass is 35.5. The van der Waals surface area contributed by atoms with Gasteiger partial charge in [-0.25, -0.2) is 0 Å². The monoisotopic (exact) mass is 667 g/mol. The summed E-state index contributed by atoms with van der Waals surface area (Å²) in [6.45, 7) is 9.31. The van der Waals surface area contributed by atoms with Crippen molar-refractivity contribution in [3.05, 3.63) is 179 Å². The molecule has 6 aromatic rings. The first-order valence-corrected chi connectivity index (χ1v) is 17.7. The van der Waals surface area contributed by atoms with E-state index in [4.69, 9.17) is 11.6 Å². The van der Waals surface area contributed by atoms with Crippen LogP contribution in [-0.2, 0) is 26.2 Å². The first-order chi connectivity index (χ1) is 24.2. The number of benzene rings is 5. The molecule has 0 unspecified atom stereocenters. The molecule has 0 bridgehead atoms. The van der Waals surface area contributed by atoms with E-state index in [9.17, 15) is 0 Å². The van der Waals surface area contributed by atoms with Gasteiger partial charge in [0.05, 0.1) is 5.52 Å². The van der Waals surface area contributed by atoms with Crippen LogP contribution in [0.1, 0.15) is 22.3 Å². The van der Waals surface area contributed by atoms with Crippen LogP contribution in [0, 0.1) is 0 Å². The zero-order valence-corrected chi connectivity index (χ0v) is 28.9. The molecular formula is C43H46ClN5. The third-order valence-electron chi connectivity index (χ3n) is 8.91. The minimum atomic E-state index is 0.703. The van der Waals surface area contributed by atoms with E-state index in [2.05, 4.69) is 158 Å². The van der Waals surface area contributed by atoms with Crippen molar-refractivity contribution >= 4 is 28.2 Å². The van der Waals surface area contributed by atoms with Crippen LogP contribution >= 0.6 is 11.6 Å². The van der Waals surface area contributed by atoms with Gasteiger partial charge in [0.25, 0.3) is 0 Å². The molecule has 5 nitrogen and oxygen atoms in total.